The number of nitrogens with zero attached hydrogens (tertiary/aromatic N) is 2. The summed E-state index contributed by atoms with van der Waals surface area (Å²) in [7, 11) is 0. The van der Waals surface area contributed by atoms with Crippen molar-refractivity contribution in [2.45, 2.75) is 65.7 Å². The van der Waals surface area contributed by atoms with Gasteiger partial charge in [0.1, 0.15) is 5.75 Å². The van der Waals surface area contributed by atoms with Crippen molar-refractivity contribution in [3.8, 4) is 5.75 Å². The number of aliphatic imine (C=N–C) groups is 1. The van der Waals surface area contributed by atoms with Crippen molar-refractivity contribution >= 4 is 29.9 Å². The highest BCUT2D eigenvalue weighted by Crippen LogP contribution is 2.22. The van der Waals surface area contributed by atoms with Gasteiger partial charge in [-0.3, -0.25) is 0 Å². The zero-order chi connectivity index (χ0) is 20.4. The number of halogens is 1. The van der Waals surface area contributed by atoms with E-state index in [1.165, 1.54) is 5.56 Å². The van der Waals surface area contributed by atoms with E-state index in [4.69, 9.17) is 9.73 Å². The van der Waals surface area contributed by atoms with Gasteiger partial charge in [-0.15, -0.1) is 24.0 Å². The van der Waals surface area contributed by atoms with Gasteiger partial charge in [0, 0.05) is 31.7 Å². The third kappa shape index (κ3) is 10.00. The number of likely N-dealkylation sites (tertiary alicyclic amines) is 1. The zero-order valence-corrected chi connectivity index (χ0v) is 20.7. The van der Waals surface area contributed by atoms with Crippen molar-refractivity contribution in [2.75, 3.05) is 32.7 Å². The van der Waals surface area contributed by atoms with Crippen molar-refractivity contribution < 1.29 is 9.84 Å². The van der Waals surface area contributed by atoms with E-state index < -0.39 is 0 Å². The fourth-order valence-corrected chi connectivity index (χ4v) is 3.31. The average molecular weight is 518 g/mol. The number of hydrogen-bond donors (Lipinski definition) is 3. The minimum absolute atomic E-state index is 0. The van der Waals surface area contributed by atoms with Crippen LogP contribution in [0.15, 0.2) is 23.2 Å². The van der Waals surface area contributed by atoms with Gasteiger partial charge >= 0.3 is 0 Å². The van der Waals surface area contributed by atoms with Crippen LogP contribution in [-0.4, -0.2) is 60.9 Å². The minimum Gasteiger partial charge on any atom is -0.491 e. The Kier molecular flexibility index (Phi) is 12.6. The van der Waals surface area contributed by atoms with E-state index in [2.05, 4.69) is 47.6 Å². The Hall–Kier alpha value is -1.06. The number of rotatable bonds is 9. The van der Waals surface area contributed by atoms with Crippen LogP contribution in [0.1, 0.15) is 51.2 Å². The summed E-state index contributed by atoms with van der Waals surface area (Å²) in [5.74, 6) is 1.76. The maximum atomic E-state index is 9.59. The van der Waals surface area contributed by atoms with Gasteiger partial charge in [-0.05, 0) is 65.1 Å². The summed E-state index contributed by atoms with van der Waals surface area (Å²) in [6.07, 6.45) is 2.90. The highest BCUT2D eigenvalue weighted by atomic mass is 127. The summed E-state index contributed by atoms with van der Waals surface area (Å²) in [5.41, 5.74) is 2.29. The van der Waals surface area contributed by atoms with Gasteiger partial charge in [-0.25, -0.2) is 4.99 Å². The summed E-state index contributed by atoms with van der Waals surface area (Å²) in [6.45, 7) is 13.6. The topological polar surface area (TPSA) is 69.1 Å². The maximum absolute atomic E-state index is 9.59. The number of hydrogen-bond acceptors (Lipinski definition) is 4. The van der Waals surface area contributed by atoms with Crippen LogP contribution in [0.2, 0.25) is 0 Å². The molecule has 2 rings (SSSR count). The fourth-order valence-electron chi connectivity index (χ4n) is 3.31. The molecule has 0 aliphatic carbocycles. The molecule has 1 aromatic rings. The molecular weight excluding hydrogens is 479 g/mol. The molecule has 1 aromatic carbocycles. The predicted octanol–water partition coefficient (Wildman–Crippen LogP) is 3.30. The Balaban J connectivity index is 0.00000420. The second-order valence-electron chi connectivity index (χ2n) is 7.83. The number of ether oxygens (including phenoxy) is 1. The first-order valence-corrected chi connectivity index (χ1v) is 10.7. The SMILES string of the molecule is CCNC(=NCc1ccc(C)cc1OC(C)C)NCCCN1CCC(O)CC1.I. The molecule has 0 bridgehead atoms. The van der Waals surface area contributed by atoms with Gasteiger partial charge in [-0.1, -0.05) is 12.1 Å². The van der Waals surface area contributed by atoms with Gasteiger partial charge in [0.15, 0.2) is 5.96 Å². The van der Waals surface area contributed by atoms with E-state index in [-0.39, 0.29) is 36.2 Å². The lowest BCUT2D eigenvalue weighted by atomic mass is 10.1. The number of guanidine groups is 1. The lowest BCUT2D eigenvalue weighted by Crippen LogP contribution is -2.40. The maximum Gasteiger partial charge on any atom is 0.191 e. The Bertz CT molecular complexity index is 617. The fraction of sp³-hybridized carbons (Fsp3) is 0.682. The van der Waals surface area contributed by atoms with E-state index in [0.29, 0.717) is 6.54 Å². The molecule has 1 heterocycles. The largest absolute Gasteiger partial charge is 0.491 e. The normalized spacial score (nSPS) is 15.9. The molecule has 0 saturated carbocycles. The molecule has 7 heteroatoms. The van der Waals surface area contributed by atoms with E-state index >= 15 is 0 Å². The molecule has 3 N–H and O–H groups in total. The Labute approximate surface area is 193 Å². The van der Waals surface area contributed by atoms with Crippen molar-refractivity contribution in [1.29, 1.82) is 0 Å². The van der Waals surface area contributed by atoms with Crippen molar-refractivity contribution in [2.24, 2.45) is 4.99 Å². The Morgan fingerprint density at radius 1 is 1.28 bits per heavy atom. The summed E-state index contributed by atoms with van der Waals surface area (Å²) in [6, 6.07) is 6.29. The number of nitrogens with one attached hydrogen (secondary N) is 2. The number of piperidine rings is 1. The highest BCUT2D eigenvalue weighted by Gasteiger charge is 2.16. The van der Waals surface area contributed by atoms with Gasteiger partial charge in [0.2, 0.25) is 0 Å². The second kappa shape index (κ2) is 14.0. The molecule has 0 spiro atoms. The quantitative estimate of drug-likeness (QED) is 0.203. The summed E-state index contributed by atoms with van der Waals surface area (Å²) < 4.78 is 5.96. The number of aliphatic hydroxyl groups excluding tert-OH is 1. The third-order valence-electron chi connectivity index (χ3n) is 4.84. The minimum atomic E-state index is -0.104. The summed E-state index contributed by atoms with van der Waals surface area (Å²) in [5, 5.41) is 16.3. The second-order valence-corrected chi connectivity index (χ2v) is 7.83. The Morgan fingerprint density at radius 3 is 2.66 bits per heavy atom. The van der Waals surface area contributed by atoms with Gasteiger partial charge in [-0.2, -0.15) is 0 Å². The molecule has 0 amide bonds. The average Bonchev–Trinajstić information content (AvgIpc) is 2.65. The molecule has 0 aromatic heterocycles. The van der Waals surface area contributed by atoms with Crippen LogP contribution in [-0.2, 0) is 6.54 Å². The van der Waals surface area contributed by atoms with Crippen LogP contribution in [0.4, 0.5) is 0 Å². The first kappa shape index (κ1) is 26.0. The van der Waals surface area contributed by atoms with Crippen molar-refractivity contribution in [1.82, 2.24) is 15.5 Å². The molecule has 1 saturated heterocycles. The lowest BCUT2D eigenvalue weighted by molar-refractivity contribution is 0.0823. The monoisotopic (exact) mass is 518 g/mol. The molecule has 0 atom stereocenters. The molecule has 29 heavy (non-hydrogen) atoms. The third-order valence-corrected chi connectivity index (χ3v) is 4.84. The predicted molar refractivity (Wildman–Crippen MR) is 131 cm³/mol. The molecule has 1 aliphatic heterocycles. The van der Waals surface area contributed by atoms with Crippen LogP contribution in [0.25, 0.3) is 0 Å². The van der Waals surface area contributed by atoms with Crippen LogP contribution in [0.5, 0.6) is 5.75 Å². The van der Waals surface area contributed by atoms with Crippen LogP contribution in [0.3, 0.4) is 0 Å². The molecule has 1 aliphatic rings. The summed E-state index contributed by atoms with van der Waals surface area (Å²) >= 11 is 0. The molecule has 1 fully saturated rings. The molecular formula is C22H39IN4O2. The number of aryl methyl sites for hydroxylation is 1. The highest BCUT2D eigenvalue weighted by molar-refractivity contribution is 14.0. The number of aliphatic hydroxyl groups is 1. The molecule has 0 unspecified atom stereocenters. The van der Waals surface area contributed by atoms with E-state index in [1.807, 2.05) is 13.8 Å². The van der Waals surface area contributed by atoms with Crippen molar-refractivity contribution in [3.63, 3.8) is 0 Å². The van der Waals surface area contributed by atoms with Crippen LogP contribution in [0, 0.1) is 6.92 Å². The smallest absolute Gasteiger partial charge is 0.191 e. The van der Waals surface area contributed by atoms with Gasteiger partial charge < -0.3 is 25.4 Å². The Morgan fingerprint density at radius 2 is 2.00 bits per heavy atom. The molecule has 166 valence electrons. The van der Waals surface area contributed by atoms with Gasteiger partial charge in [0.25, 0.3) is 0 Å². The van der Waals surface area contributed by atoms with Crippen LogP contribution < -0.4 is 15.4 Å². The molecule has 0 radical (unpaired) electrons. The van der Waals surface area contributed by atoms with E-state index in [1.54, 1.807) is 0 Å². The van der Waals surface area contributed by atoms with Crippen molar-refractivity contribution in [3.05, 3.63) is 29.3 Å². The first-order valence-electron chi connectivity index (χ1n) is 10.7. The van der Waals surface area contributed by atoms with Gasteiger partial charge in [0.05, 0.1) is 18.8 Å². The summed E-state index contributed by atoms with van der Waals surface area (Å²) in [4.78, 5) is 7.17. The van der Waals surface area contributed by atoms with Crippen LogP contribution >= 0.6 is 24.0 Å². The standard InChI is InChI=1S/C22H38N4O2.HI/c1-5-23-22(24-11-6-12-26-13-9-20(27)10-14-26)25-16-19-8-7-18(4)15-21(19)28-17(2)3;/h7-8,15,17,20,27H,5-6,9-14,16H2,1-4H3,(H2,23,24,25);1H. The molecule has 6 nitrogen and oxygen atoms in total. The lowest BCUT2D eigenvalue weighted by Gasteiger charge is -2.29. The van der Waals surface area contributed by atoms with E-state index in [0.717, 1.165) is 69.3 Å². The number of benzene rings is 1. The van der Waals surface area contributed by atoms with E-state index in [9.17, 15) is 5.11 Å². The first-order chi connectivity index (χ1) is 13.5. The zero-order valence-electron chi connectivity index (χ0n) is 18.4.